The molecule has 1 saturated heterocycles. The molecule has 2 aromatic rings. The molecule has 0 aliphatic carbocycles. The van der Waals surface area contributed by atoms with Crippen molar-refractivity contribution in [2.24, 2.45) is 5.92 Å². The van der Waals surface area contributed by atoms with E-state index in [0.29, 0.717) is 24.6 Å². The molecule has 0 radical (unpaired) electrons. The monoisotopic (exact) mass is 340 g/mol. The molecular formula is C20H24N2O3. The Morgan fingerprint density at radius 3 is 2.84 bits per heavy atom. The highest BCUT2D eigenvalue weighted by Gasteiger charge is 2.23. The first kappa shape index (κ1) is 17.3. The van der Waals surface area contributed by atoms with Gasteiger partial charge in [0, 0.05) is 31.5 Å². The van der Waals surface area contributed by atoms with E-state index in [1.165, 1.54) is 0 Å². The molecule has 1 aliphatic heterocycles. The van der Waals surface area contributed by atoms with Crippen molar-refractivity contribution < 1.29 is 14.6 Å². The van der Waals surface area contributed by atoms with E-state index < -0.39 is 0 Å². The molecule has 2 amide bonds. The molecule has 1 atom stereocenters. The molecule has 3 rings (SSSR count). The van der Waals surface area contributed by atoms with Crippen LogP contribution in [0.2, 0.25) is 0 Å². The van der Waals surface area contributed by atoms with Crippen LogP contribution in [0.3, 0.4) is 0 Å². The summed E-state index contributed by atoms with van der Waals surface area (Å²) in [5.41, 5.74) is 1.81. The van der Waals surface area contributed by atoms with E-state index in [-0.39, 0.29) is 18.6 Å². The van der Waals surface area contributed by atoms with Crippen LogP contribution in [0.4, 0.5) is 10.5 Å². The Labute approximate surface area is 148 Å². The summed E-state index contributed by atoms with van der Waals surface area (Å²) in [7, 11) is 0. The Hall–Kier alpha value is -2.53. The number of amides is 2. The van der Waals surface area contributed by atoms with Gasteiger partial charge in [-0.25, -0.2) is 4.79 Å². The highest BCUT2D eigenvalue weighted by Crippen LogP contribution is 2.21. The molecule has 1 aliphatic rings. The minimum Gasteiger partial charge on any atom is -0.489 e. The van der Waals surface area contributed by atoms with Crippen molar-refractivity contribution in [3.8, 4) is 5.75 Å². The fourth-order valence-electron chi connectivity index (χ4n) is 3.01. The summed E-state index contributed by atoms with van der Waals surface area (Å²) in [6, 6.07) is 17.2. The van der Waals surface area contributed by atoms with Crippen LogP contribution >= 0.6 is 0 Å². The third-order valence-electron chi connectivity index (χ3n) is 4.40. The van der Waals surface area contributed by atoms with Crippen LogP contribution in [-0.2, 0) is 6.61 Å². The van der Waals surface area contributed by atoms with Crippen molar-refractivity contribution in [1.82, 2.24) is 4.90 Å². The molecule has 0 saturated carbocycles. The molecule has 5 nitrogen and oxygen atoms in total. The minimum atomic E-state index is -0.127. The van der Waals surface area contributed by atoms with Gasteiger partial charge in [0.2, 0.25) is 0 Å². The zero-order valence-corrected chi connectivity index (χ0v) is 14.2. The summed E-state index contributed by atoms with van der Waals surface area (Å²) in [4.78, 5) is 14.2. The highest BCUT2D eigenvalue weighted by atomic mass is 16.5. The Morgan fingerprint density at radius 1 is 1.20 bits per heavy atom. The Morgan fingerprint density at radius 2 is 2.04 bits per heavy atom. The molecule has 0 unspecified atom stereocenters. The minimum absolute atomic E-state index is 0.127. The lowest BCUT2D eigenvalue weighted by molar-refractivity contribution is 0.136. The number of hydrogen-bond donors (Lipinski definition) is 2. The number of benzene rings is 2. The van der Waals surface area contributed by atoms with Crippen molar-refractivity contribution in [1.29, 1.82) is 0 Å². The maximum atomic E-state index is 12.4. The molecular weight excluding hydrogens is 316 g/mol. The maximum absolute atomic E-state index is 12.4. The molecule has 0 bridgehead atoms. The lowest BCUT2D eigenvalue weighted by Gasteiger charge is -2.31. The second-order valence-electron chi connectivity index (χ2n) is 6.37. The van der Waals surface area contributed by atoms with Gasteiger partial charge in [0.05, 0.1) is 0 Å². The number of nitrogens with one attached hydrogen (secondary N) is 1. The van der Waals surface area contributed by atoms with Gasteiger partial charge in [-0.05, 0) is 36.5 Å². The molecule has 2 aromatic carbocycles. The van der Waals surface area contributed by atoms with E-state index in [9.17, 15) is 9.90 Å². The molecule has 2 N–H and O–H groups in total. The van der Waals surface area contributed by atoms with Crippen LogP contribution in [0.1, 0.15) is 18.4 Å². The number of nitrogens with zero attached hydrogens (tertiary/aromatic N) is 1. The van der Waals surface area contributed by atoms with Crippen LogP contribution in [0.5, 0.6) is 5.75 Å². The smallest absolute Gasteiger partial charge is 0.321 e. The molecule has 5 heteroatoms. The SMILES string of the molecule is O=C(Nc1cccc(OCc2ccccc2)c1)N1CCC[C@H](CO)C1. The predicted octanol–water partition coefficient (Wildman–Crippen LogP) is 3.50. The normalized spacial score (nSPS) is 17.2. The molecule has 0 aromatic heterocycles. The average Bonchev–Trinajstić information content (AvgIpc) is 2.67. The number of anilines is 1. The van der Waals surface area contributed by atoms with E-state index in [1.54, 1.807) is 4.90 Å². The third kappa shape index (κ3) is 4.97. The number of hydrogen-bond acceptors (Lipinski definition) is 3. The van der Waals surface area contributed by atoms with Crippen LogP contribution in [0.25, 0.3) is 0 Å². The number of likely N-dealkylation sites (tertiary alicyclic amines) is 1. The Bertz CT molecular complexity index is 690. The highest BCUT2D eigenvalue weighted by molar-refractivity contribution is 5.89. The van der Waals surface area contributed by atoms with Crippen LogP contribution in [-0.4, -0.2) is 35.7 Å². The van der Waals surface area contributed by atoms with Crippen molar-refractivity contribution in [2.75, 3.05) is 25.0 Å². The predicted molar refractivity (Wildman–Crippen MR) is 97.6 cm³/mol. The van der Waals surface area contributed by atoms with Gasteiger partial charge in [0.1, 0.15) is 12.4 Å². The largest absolute Gasteiger partial charge is 0.489 e. The lowest BCUT2D eigenvalue weighted by Crippen LogP contribution is -2.43. The maximum Gasteiger partial charge on any atom is 0.321 e. The Balaban J connectivity index is 1.56. The molecule has 1 heterocycles. The molecule has 1 fully saturated rings. The lowest BCUT2D eigenvalue weighted by atomic mass is 9.99. The summed E-state index contributed by atoms with van der Waals surface area (Å²) in [6.45, 7) is 1.95. The summed E-state index contributed by atoms with van der Waals surface area (Å²) < 4.78 is 5.80. The summed E-state index contributed by atoms with van der Waals surface area (Å²) >= 11 is 0. The van der Waals surface area contributed by atoms with Gasteiger partial charge in [-0.3, -0.25) is 0 Å². The van der Waals surface area contributed by atoms with Crippen LogP contribution in [0.15, 0.2) is 54.6 Å². The first-order chi connectivity index (χ1) is 12.2. The first-order valence-electron chi connectivity index (χ1n) is 8.68. The zero-order chi connectivity index (χ0) is 17.5. The molecule has 132 valence electrons. The fourth-order valence-corrected chi connectivity index (χ4v) is 3.01. The topological polar surface area (TPSA) is 61.8 Å². The number of aliphatic hydroxyl groups is 1. The van der Waals surface area contributed by atoms with E-state index in [4.69, 9.17) is 4.74 Å². The molecule has 25 heavy (non-hydrogen) atoms. The number of aliphatic hydroxyl groups excluding tert-OH is 1. The van der Waals surface area contributed by atoms with E-state index in [0.717, 1.165) is 24.9 Å². The third-order valence-corrected chi connectivity index (χ3v) is 4.40. The van der Waals surface area contributed by atoms with Gasteiger partial charge in [-0.15, -0.1) is 0 Å². The standard InChI is InChI=1S/C20H24N2O3/c23-14-17-8-5-11-22(13-17)20(24)21-18-9-4-10-19(12-18)25-15-16-6-2-1-3-7-16/h1-4,6-7,9-10,12,17,23H,5,8,11,13-15H2,(H,21,24)/t17-/m0/s1. The van der Waals surface area contributed by atoms with E-state index in [1.807, 2.05) is 54.6 Å². The van der Waals surface area contributed by atoms with Gasteiger partial charge < -0.3 is 20.1 Å². The van der Waals surface area contributed by atoms with Crippen molar-refractivity contribution in [2.45, 2.75) is 19.4 Å². The van der Waals surface area contributed by atoms with Crippen molar-refractivity contribution in [3.05, 3.63) is 60.2 Å². The fraction of sp³-hybridized carbons (Fsp3) is 0.350. The number of piperidine rings is 1. The number of carbonyl (C=O) groups is 1. The summed E-state index contributed by atoms with van der Waals surface area (Å²) in [5, 5.41) is 12.2. The number of carbonyl (C=O) groups excluding carboxylic acids is 1. The average molecular weight is 340 g/mol. The van der Waals surface area contributed by atoms with Gasteiger partial charge in [-0.2, -0.15) is 0 Å². The quantitative estimate of drug-likeness (QED) is 0.876. The van der Waals surface area contributed by atoms with Crippen LogP contribution in [0, 0.1) is 5.92 Å². The zero-order valence-electron chi connectivity index (χ0n) is 14.2. The molecule has 0 spiro atoms. The van der Waals surface area contributed by atoms with E-state index >= 15 is 0 Å². The van der Waals surface area contributed by atoms with Crippen molar-refractivity contribution in [3.63, 3.8) is 0 Å². The summed E-state index contributed by atoms with van der Waals surface area (Å²) in [5.74, 6) is 0.897. The Kier molecular flexibility index (Phi) is 5.90. The van der Waals surface area contributed by atoms with Gasteiger partial charge >= 0.3 is 6.03 Å². The number of rotatable bonds is 5. The van der Waals surface area contributed by atoms with Gasteiger partial charge in [0.15, 0.2) is 0 Å². The second kappa shape index (κ2) is 8.53. The van der Waals surface area contributed by atoms with Crippen molar-refractivity contribution >= 4 is 11.7 Å². The number of ether oxygens (including phenoxy) is 1. The van der Waals surface area contributed by atoms with Gasteiger partial charge in [0.25, 0.3) is 0 Å². The van der Waals surface area contributed by atoms with Crippen LogP contribution < -0.4 is 10.1 Å². The number of urea groups is 1. The first-order valence-corrected chi connectivity index (χ1v) is 8.68. The second-order valence-corrected chi connectivity index (χ2v) is 6.37. The summed E-state index contributed by atoms with van der Waals surface area (Å²) in [6.07, 6.45) is 1.90. The van der Waals surface area contributed by atoms with E-state index in [2.05, 4.69) is 5.32 Å². The van der Waals surface area contributed by atoms with Gasteiger partial charge in [-0.1, -0.05) is 36.4 Å².